The lowest BCUT2D eigenvalue weighted by atomic mass is 9.83. The number of anilines is 2. The Bertz CT molecular complexity index is 1220. The maximum atomic E-state index is 13.0. The Morgan fingerprint density at radius 2 is 1.97 bits per heavy atom. The summed E-state index contributed by atoms with van der Waals surface area (Å²) in [6, 6.07) is 5.01. The molecule has 0 aliphatic carbocycles. The van der Waals surface area contributed by atoms with Crippen molar-refractivity contribution in [3.05, 3.63) is 57.8 Å². The maximum Gasteiger partial charge on any atom is 0.356 e. The number of aryl methyl sites for hydroxylation is 1. The second-order valence-electron chi connectivity index (χ2n) is 9.29. The Labute approximate surface area is 186 Å². The van der Waals surface area contributed by atoms with Gasteiger partial charge >= 0.3 is 5.97 Å². The highest BCUT2D eigenvalue weighted by molar-refractivity contribution is 5.91. The number of benzene rings is 1. The minimum atomic E-state index is -1.14. The van der Waals surface area contributed by atoms with Crippen molar-refractivity contribution in [1.29, 1.82) is 0 Å². The Kier molecular flexibility index (Phi) is 5.62. The van der Waals surface area contributed by atoms with Crippen LogP contribution in [-0.4, -0.2) is 34.1 Å². The standard InChI is InChI=1S/C24H28N4O4/c1-14-9-16(15(2)27-18-12-25-13-26-21(18)23(30)31)22-17(10-14)19(29)11-20(32-22)28-7-5-24(3,4)6-8-28/h9-13,15,27H,5-8H2,1-4H3,(H,30,31). The van der Waals surface area contributed by atoms with Gasteiger partial charge in [0, 0.05) is 24.7 Å². The molecule has 1 aliphatic heterocycles. The summed E-state index contributed by atoms with van der Waals surface area (Å²) in [5.74, 6) is -0.567. The van der Waals surface area contributed by atoms with Crippen LogP contribution in [0.1, 0.15) is 61.3 Å². The fourth-order valence-electron chi connectivity index (χ4n) is 4.15. The van der Waals surface area contributed by atoms with Crippen molar-refractivity contribution in [1.82, 2.24) is 9.97 Å². The number of carboxylic acid groups (broad SMARTS) is 1. The highest BCUT2D eigenvalue weighted by Crippen LogP contribution is 2.34. The van der Waals surface area contributed by atoms with Gasteiger partial charge in [0.25, 0.3) is 0 Å². The number of hydrogen-bond acceptors (Lipinski definition) is 7. The summed E-state index contributed by atoms with van der Waals surface area (Å²) >= 11 is 0. The number of carboxylic acids is 1. The molecule has 0 amide bonds. The molecule has 1 aliphatic rings. The van der Waals surface area contributed by atoms with E-state index in [1.807, 2.05) is 26.0 Å². The molecule has 0 radical (unpaired) electrons. The molecule has 0 saturated carbocycles. The molecule has 168 valence electrons. The van der Waals surface area contributed by atoms with Crippen LogP contribution in [0.4, 0.5) is 11.6 Å². The Morgan fingerprint density at radius 3 is 2.66 bits per heavy atom. The molecule has 4 rings (SSSR count). The first-order chi connectivity index (χ1) is 15.1. The molecule has 32 heavy (non-hydrogen) atoms. The van der Waals surface area contributed by atoms with Crippen molar-refractivity contribution >= 4 is 28.5 Å². The number of carbonyl (C=O) groups is 1. The number of piperidine rings is 1. The zero-order valence-electron chi connectivity index (χ0n) is 18.8. The van der Waals surface area contributed by atoms with Gasteiger partial charge in [-0.2, -0.15) is 0 Å². The van der Waals surface area contributed by atoms with Crippen LogP contribution in [-0.2, 0) is 0 Å². The molecule has 1 unspecified atom stereocenters. The van der Waals surface area contributed by atoms with E-state index in [1.54, 1.807) is 6.07 Å². The van der Waals surface area contributed by atoms with Gasteiger partial charge in [-0.3, -0.25) is 4.79 Å². The van der Waals surface area contributed by atoms with Gasteiger partial charge in [0.2, 0.25) is 0 Å². The molecule has 0 bridgehead atoms. The third kappa shape index (κ3) is 4.30. The van der Waals surface area contributed by atoms with Crippen LogP contribution in [0.2, 0.25) is 0 Å². The topological polar surface area (TPSA) is 109 Å². The van der Waals surface area contributed by atoms with Crippen molar-refractivity contribution < 1.29 is 14.3 Å². The second kappa shape index (κ2) is 8.26. The van der Waals surface area contributed by atoms with E-state index >= 15 is 0 Å². The van der Waals surface area contributed by atoms with Gasteiger partial charge in [-0.05, 0) is 43.7 Å². The normalized spacial score (nSPS) is 16.7. The van der Waals surface area contributed by atoms with Crippen LogP contribution in [0, 0.1) is 12.3 Å². The minimum Gasteiger partial charge on any atom is -0.476 e. The lowest BCUT2D eigenvalue weighted by Crippen LogP contribution is -2.37. The highest BCUT2D eigenvalue weighted by atomic mass is 16.4. The van der Waals surface area contributed by atoms with Crippen LogP contribution in [0.5, 0.6) is 0 Å². The first-order valence-electron chi connectivity index (χ1n) is 10.8. The second-order valence-corrected chi connectivity index (χ2v) is 9.29. The lowest BCUT2D eigenvalue weighted by Gasteiger charge is -2.37. The fraction of sp³-hybridized carbons (Fsp3) is 0.417. The smallest absolute Gasteiger partial charge is 0.356 e. The van der Waals surface area contributed by atoms with E-state index in [-0.39, 0.29) is 22.6 Å². The first-order valence-corrected chi connectivity index (χ1v) is 10.8. The van der Waals surface area contributed by atoms with E-state index in [9.17, 15) is 14.7 Å². The lowest BCUT2D eigenvalue weighted by molar-refractivity contribution is 0.0691. The average molecular weight is 437 g/mol. The Morgan fingerprint density at radius 1 is 1.25 bits per heavy atom. The van der Waals surface area contributed by atoms with Gasteiger partial charge in [0.15, 0.2) is 17.0 Å². The largest absolute Gasteiger partial charge is 0.476 e. The fourth-order valence-corrected chi connectivity index (χ4v) is 4.15. The summed E-state index contributed by atoms with van der Waals surface area (Å²) in [7, 11) is 0. The van der Waals surface area contributed by atoms with Crippen LogP contribution < -0.4 is 15.6 Å². The van der Waals surface area contributed by atoms with Gasteiger partial charge in [-0.25, -0.2) is 14.8 Å². The van der Waals surface area contributed by atoms with E-state index in [0.29, 0.717) is 22.5 Å². The van der Waals surface area contributed by atoms with Crippen LogP contribution in [0.15, 0.2) is 39.9 Å². The maximum absolute atomic E-state index is 13.0. The van der Waals surface area contributed by atoms with Gasteiger partial charge in [-0.1, -0.05) is 19.9 Å². The highest BCUT2D eigenvalue weighted by Gasteiger charge is 2.27. The van der Waals surface area contributed by atoms with Gasteiger partial charge in [0.05, 0.1) is 23.3 Å². The van der Waals surface area contributed by atoms with Crippen LogP contribution in [0.25, 0.3) is 11.0 Å². The molecular weight excluding hydrogens is 408 g/mol. The van der Waals surface area contributed by atoms with E-state index < -0.39 is 5.97 Å². The van der Waals surface area contributed by atoms with E-state index in [2.05, 4.69) is 34.0 Å². The molecule has 1 aromatic carbocycles. The van der Waals surface area contributed by atoms with E-state index in [0.717, 1.165) is 37.1 Å². The van der Waals surface area contributed by atoms with Crippen molar-refractivity contribution in [2.45, 2.75) is 46.6 Å². The third-order valence-corrected chi connectivity index (χ3v) is 6.17. The van der Waals surface area contributed by atoms with E-state index in [4.69, 9.17) is 4.42 Å². The number of aromatic carboxylic acids is 1. The van der Waals surface area contributed by atoms with Gasteiger partial charge in [0.1, 0.15) is 11.9 Å². The molecule has 1 fully saturated rings. The molecule has 3 aromatic rings. The summed E-state index contributed by atoms with van der Waals surface area (Å²) in [5, 5.41) is 13.1. The zero-order chi connectivity index (χ0) is 23.0. The van der Waals surface area contributed by atoms with Crippen molar-refractivity contribution in [2.24, 2.45) is 5.41 Å². The van der Waals surface area contributed by atoms with Gasteiger partial charge in [-0.15, -0.1) is 0 Å². The number of rotatable bonds is 5. The average Bonchev–Trinajstić information content (AvgIpc) is 2.74. The summed E-state index contributed by atoms with van der Waals surface area (Å²) in [4.78, 5) is 34.4. The van der Waals surface area contributed by atoms with E-state index in [1.165, 1.54) is 12.5 Å². The van der Waals surface area contributed by atoms with Crippen molar-refractivity contribution in [2.75, 3.05) is 23.3 Å². The van der Waals surface area contributed by atoms with Crippen LogP contribution >= 0.6 is 0 Å². The van der Waals surface area contributed by atoms with Crippen molar-refractivity contribution in [3.8, 4) is 0 Å². The predicted octanol–water partition coefficient (Wildman–Crippen LogP) is 4.39. The Hall–Kier alpha value is -3.42. The quantitative estimate of drug-likeness (QED) is 0.606. The number of hydrogen-bond donors (Lipinski definition) is 2. The molecule has 8 nitrogen and oxygen atoms in total. The summed E-state index contributed by atoms with van der Waals surface area (Å²) in [5.41, 5.74) is 2.60. The Balaban J connectivity index is 1.75. The molecule has 3 heterocycles. The van der Waals surface area contributed by atoms with Crippen LogP contribution in [0.3, 0.4) is 0 Å². The molecular formula is C24H28N4O4. The molecule has 1 saturated heterocycles. The minimum absolute atomic E-state index is 0.0856. The molecule has 2 N–H and O–H groups in total. The van der Waals surface area contributed by atoms with Crippen molar-refractivity contribution in [3.63, 3.8) is 0 Å². The number of nitrogens with one attached hydrogen (secondary N) is 1. The number of nitrogens with zero attached hydrogens (tertiary/aromatic N) is 3. The summed E-state index contributed by atoms with van der Waals surface area (Å²) in [6.07, 6.45) is 4.69. The number of fused-ring (bicyclic) bond motifs is 1. The molecule has 0 spiro atoms. The SMILES string of the molecule is Cc1cc(C(C)Nc2cncnc2C(=O)O)c2oc(N3CCC(C)(C)CC3)cc(=O)c2c1. The summed E-state index contributed by atoms with van der Waals surface area (Å²) < 4.78 is 6.31. The molecule has 2 aromatic heterocycles. The predicted molar refractivity (Wildman–Crippen MR) is 123 cm³/mol. The first kappa shape index (κ1) is 21.8. The zero-order valence-corrected chi connectivity index (χ0v) is 18.8. The number of aromatic nitrogens is 2. The molecule has 8 heteroatoms. The summed E-state index contributed by atoms with van der Waals surface area (Å²) in [6.45, 7) is 9.99. The van der Waals surface area contributed by atoms with Gasteiger partial charge < -0.3 is 19.7 Å². The monoisotopic (exact) mass is 436 g/mol. The molecule has 1 atom stereocenters. The third-order valence-electron chi connectivity index (χ3n) is 6.17.